The molecule has 21 heavy (non-hydrogen) atoms. The molecule has 0 saturated heterocycles. The second-order valence-electron chi connectivity index (χ2n) is 4.69. The van der Waals surface area contributed by atoms with Crippen molar-refractivity contribution >= 4 is 27.7 Å². The molecule has 0 aliphatic heterocycles. The van der Waals surface area contributed by atoms with Crippen LogP contribution in [0.2, 0.25) is 0 Å². The Bertz CT molecular complexity index is 594. The van der Waals surface area contributed by atoms with Crippen LogP contribution in [0.3, 0.4) is 0 Å². The van der Waals surface area contributed by atoms with Gasteiger partial charge in [-0.1, -0.05) is 12.1 Å². The molecule has 1 rings (SSSR count). The molecule has 0 bridgehead atoms. The molecule has 0 radical (unpaired) electrons. The molecule has 116 valence electrons. The van der Waals surface area contributed by atoms with Gasteiger partial charge in [-0.25, -0.2) is 8.42 Å². The Balaban J connectivity index is 2.59. The van der Waals surface area contributed by atoms with E-state index in [1.54, 1.807) is 37.5 Å². The Hall–Kier alpha value is -1.86. The number of methoxy groups -OCH3 is 1. The first-order valence-corrected chi connectivity index (χ1v) is 8.24. The Kier molecular flexibility index (Phi) is 6.39. The third kappa shape index (κ3) is 7.48. The summed E-state index contributed by atoms with van der Waals surface area (Å²) in [4.78, 5) is 11.6. The van der Waals surface area contributed by atoms with Gasteiger partial charge in [0.05, 0.1) is 12.9 Å². The molecular weight excluding hydrogens is 292 g/mol. The molecular formula is C14H20N2O4S. The smallest absolute Gasteiger partial charge is 0.244 e. The first-order chi connectivity index (χ1) is 9.80. The Morgan fingerprint density at radius 3 is 2.48 bits per heavy atom. The first-order valence-electron chi connectivity index (χ1n) is 6.35. The lowest BCUT2D eigenvalue weighted by Gasteiger charge is -2.10. The fourth-order valence-corrected chi connectivity index (χ4v) is 2.20. The second-order valence-corrected chi connectivity index (χ2v) is 6.44. The van der Waals surface area contributed by atoms with Gasteiger partial charge in [-0.3, -0.25) is 9.52 Å². The van der Waals surface area contributed by atoms with Crippen LogP contribution in [0.5, 0.6) is 0 Å². The normalized spacial score (nSPS) is 13.1. The van der Waals surface area contributed by atoms with Crippen molar-refractivity contribution in [3.63, 3.8) is 0 Å². The van der Waals surface area contributed by atoms with Gasteiger partial charge in [-0.2, -0.15) is 0 Å². The van der Waals surface area contributed by atoms with Gasteiger partial charge in [-0.15, -0.1) is 0 Å². The number of hydrogen-bond acceptors (Lipinski definition) is 4. The van der Waals surface area contributed by atoms with Crippen LogP contribution < -0.4 is 10.0 Å². The number of sulfonamides is 1. The number of nitrogens with one attached hydrogen (secondary N) is 2. The number of anilines is 1. The summed E-state index contributed by atoms with van der Waals surface area (Å²) in [5, 5.41) is 2.75. The third-order valence-corrected chi connectivity index (χ3v) is 3.05. The highest BCUT2D eigenvalue weighted by Gasteiger charge is 2.03. The summed E-state index contributed by atoms with van der Waals surface area (Å²) in [6.45, 7) is 2.30. The maximum atomic E-state index is 11.6. The van der Waals surface area contributed by atoms with Crippen LogP contribution in [0.25, 0.3) is 6.08 Å². The van der Waals surface area contributed by atoms with Gasteiger partial charge in [0.2, 0.25) is 15.9 Å². The summed E-state index contributed by atoms with van der Waals surface area (Å²) in [7, 11) is -1.70. The predicted octanol–water partition coefficient (Wildman–Crippen LogP) is 1.22. The third-order valence-electron chi connectivity index (χ3n) is 2.45. The second kappa shape index (κ2) is 7.80. The zero-order chi connectivity index (χ0) is 15.9. The number of amides is 1. The fourth-order valence-electron chi connectivity index (χ4n) is 1.63. The van der Waals surface area contributed by atoms with Crippen molar-refractivity contribution in [2.24, 2.45) is 0 Å². The van der Waals surface area contributed by atoms with Gasteiger partial charge in [0.15, 0.2) is 0 Å². The Morgan fingerprint density at radius 1 is 1.33 bits per heavy atom. The lowest BCUT2D eigenvalue weighted by molar-refractivity contribution is -0.117. The van der Waals surface area contributed by atoms with E-state index in [4.69, 9.17) is 4.74 Å². The van der Waals surface area contributed by atoms with E-state index >= 15 is 0 Å². The van der Waals surface area contributed by atoms with Crippen LogP contribution in [-0.2, 0) is 19.6 Å². The Morgan fingerprint density at radius 2 is 1.95 bits per heavy atom. The molecule has 0 heterocycles. The van der Waals surface area contributed by atoms with Crippen LogP contribution in [0.4, 0.5) is 5.69 Å². The molecule has 0 aliphatic rings. The molecule has 2 N–H and O–H groups in total. The molecule has 1 aromatic rings. The first kappa shape index (κ1) is 17.2. The minimum absolute atomic E-state index is 0.0616. The molecule has 0 aromatic heterocycles. The highest BCUT2D eigenvalue weighted by Crippen LogP contribution is 2.11. The number of carbonyl (C=O) groups excluding carboxylic acids is 1. The van der Waals surface area contributed by atoms with E-state index in [9.17, 15) is 13.2 Å². The maximum absolute atomic E-state index is 11.6. The van der Waals surface area contributed by atoms with Crippen LogP contribution in [0.15, 0.2) is 30.3 Å². The SMILES string of the molecule is COCC(C)NC(=O)/C=C/c1ccc(NS(C)(=O)=O)cc1. The van der Waals surface area contributed by atoms with Gasteiger partial charge in [0.1, 0.15) is 0 Å². The molecule has 1 atom stereocenters. The monoisotopic (exact) mass is 312 g/mol. The van der Waals surface area contributed by atoms with E-state index in [2.05, 4.69) is 10.0 Å². The summed E-state index contributed by atoms with van der Waals surface area (Å²) in [6.07, 6.45) is 4.16. The molecule has 0 aliphatic carbocycles. The molecule has 0 spiro atoms. The van der Waals surface area contributed by atoms with Crippen molar-refractivity contribution < 1.29 is 17.9 Å². The molecule has 7 heteroatoms. The molecule has 0 saturated carbocycles. The van der Waals surface area contributed by atoms with E-state index in [1.807, 2.05) is 6.92 Å². The standard InChI is InChI=1S/C14H20N2O4S/c1-11(10-20-2)15-14(17)9-6-12-4-7-13(8-5-12)16-21(3,18)19/h4-9,11,16H,10H2,1-3H3,(H,15,17)/b9-6+. The van der Waals surface area contributed by atoms with E-state index < -0.39 is 10.0 Å². The Labute approximate surface area is 125 Å². The van der Waals surface area contributed by atoms with Crippen molar-refractivity contribution in [1.82, 2.24) is 5.32 Å². The van der Waals surface area contributed by atoms with Gasteiger partial charge in [0, 0.05) is 24.9 Å². The largest absolute Gasteiger partial charge is 0.383 e. The predicted molar refractivity (Wildman–Crippen MR) is 83.4 cm³/mol. The van der Waals surface area contributed by atoms with Gasteiger partial charge in [0.25, 0.3) is 0 Å². The van der Waals surface area contributed by atoms with Crippen LogP contribution in [-0.4, -0.2) is 40.3 Å². The molecule has 1 unspecified atom stereocenters. The highest BCUT2D eigenvalue weighted by atomic mass is 32.2. The molecule has 1 aromatic carbocycles. The summed E-state index contributed by atoms with van der Waals surface area (Å²) in [6, 6.07) is 6.64. The van der Waals surface area contributed by atoms with Crippen molar-refractivity contribution in [2.75, 3.05) is 24.7 Å². The van der Waals surface area contributed by atoms with E-state index in [1.165, 1.54) is 6.08 Å². The average molecular weight is 312 g/mol. The molecule has 1 amide bonds. The number of benzene rings is 1. The summed E-state index contributed by atoms with van der Waals surface area (Å²) in [5.74, 6) is -0.210. The quantitative estimate of drug-likeness (QED) is 0.742. The number of ether oxygens (including phenoxy) is 1. The van der Waals surface area contributed by atoms with Crippen LogP contribution in [0.1, 0.15) is 12.5 Å². The number of rotatable bonds is 7. The van der Waals surface area contributed by atoms with Crippen molar-refractivity contribution in [3.8, 4) is 0 Å². The van der Waals surface area contributed by atoms with Crippen LogP contribution >= 0.6 is 0 Å². The van der Waals surface area contributed by atoms with Crippen molar-refractivity contribution in [3.05, 3.63) is 35.9 Å². The number of hydrogen-bond donors (Lipinski definition) is 2. The average Bonchev–Trinajstić information content (AvgIpc) is 2.36. The van der Waals surface area contributed by atoms with Gasteiger partial charge < -0.3 is 10.1 Å². The fraction of sp³-hybridized carbons (Fsp3) is 0.357. The molecule has 6 nitrogen and oxygen atoms in total. The maximum Gasteiger partial charge on any atom is 0.244 e. The van der Waals surface area contributed by atoms with Crippen LogP contribution in [0, 0.1) is 0 Å². The van der Waals surface area contributed by atoms with E-state index in [0.717, 1.165) is 11.8 Å². The minimum Gasteiger partial charge on any atom is -0.383 e. The van der Waals surface area contributed by atoms with Gasteiger partial charge >= 0.3 is 0 Å². The van der Waals surface area contributed by atoms with Gasteiger partial charge in [-0.05, 0) is 30.7 Å². The topological polar surface area (TPSA) is 84.5 Å². The van der Waals surface area contributed by atoms with E-state index in [0.29, 0.717) is 12.3 Å². The lowest BCUT2D eigenvalue weighted by atomic mass is 10.2. The lowest BCUT2D eigenvalue weighted by Crippen LogP contribution is -2.34. The van der Waals surface area contributed by atoms with Crippen molar-refractivity contribution in [2.45, 2.75) is 13.0 Å². The minimum atomic E-state index is -3.28. The van der Waals surface area contributed by atoms with E-state index in [-0.39, 0.29) is 11.9 Å². The highest BCUT2D eigenvalue weighted by molar-refractivity contribution is 7.92. The zero-order valence-electron chi connectivity index (χ0n) is 12.3. The van der Waals surface area contributed by atoms with Crippen molar-refractivity contribution in [1.29, 1.82) is 0 Å². The number of carbonyl (C=O) groups is 1. The summed E-state index contributed by atoms with van der Waals surface area (Å²) < 4.78 is 29.4. The summed E-state index contributed by atoms with van der Waals surface area (Å²) in [5.41, 5.74) is 1.27. The molecule has 0 fully saturated rings. The summed E-state index contributed by atoms with van der Waals surface area (Å²) >= 11 is 0. The zero-order valence-corrected chi connectivity index (χ0v) is 13.1.